The molecule has 2 atom stereocenters. The number of nitrogens with one attached hydrogen (secondary N) is 1. The van der Waals surface area contributed by atoms with Crippen molar-refractivity contribution in [1.82, 2.24) is 20.0 Å². The van der Waals surface area contributed by atoms with Crippen molar-refractivity contribution in [2.75, 3.05) is 52.4 Å². The largest absolute Gasteiger partial charge is 0.353 e. The van der Waals surface area contributed by atoms with Crippen LogP contribution in [0.1, 0.15) is 50.5 Å². The highest BCUT2D eigenvalue weighted by Crippen LogP contribution is 2.40. The van der Waals surface area contributed by atoms with Crippen molar-refractivity contribution in [3.8, 4) is 0 Å². The summed E-state index contributed by atoms with van der Waals surface area (Å²) >= 11 is 0. The van der Waals surface area contributed by atoms with E-state index in [1.54, 1.807) is 0 Å². The average molecular weight is 412 g/mol. The summed E-state index contributed by atoms with van der Waals surface area (Å²) in [4.78, 5) is 24.2. The predicted octanol–water partition coefficient (Wildman–Crippen LogP) is 2.53. The zero-order chi connectivity index (χ0) is 20.8. The van der Waals surface area contributed by atoms with E-state index >= 15 is 0 Å². The molecule has 1 N–H and O–H groups in total. The Morgan fingerprint density at radius 3 is 2.33 bits per heavy atom. The van der Waals surface area contributed by atoms with Crippen LogP contribution in [0.15, 0.2) is 35.3 Å². The third-order valence-electron chi connectivity index (χ3n) is 6.63. The first kappa shape index (κ1) is 21.2. The molecule has 1 aromatic carbocycles. The second-order valence-electron chi connectivity index (χ2n) is 8.86. The van der Waals surface area contributed by atoms with E-state index in [0.717, 1.165) is 64.6 Å². The van der Waals surface area contributed by atoms with E-state index in [2.05, 4.69) is 57.3 Å². The van der Waals surface area contributed by atoms with E-state index in [1.807, 2.05) is 0 Å². The quantitative estimate of drug-likeness (QED) is 0.598. The van der Waals surface area contributed by atoms with Gasteiger partial charge in [0.05, 0.1) is 6.54 Å². The number of hydrogen-bond acceptors (Lipinski definition) is 3. The SMILES string of the molecule is CCN=C(NC1CC1c1ccccc1)N1CCN(CC(=O)N2CCCCCC2)CC1. The maximum atomic E-state index is 12.7. The molecule has 4 rings (SSSR count). The van der Waals surface area contributed by atoms with Gasteiger partial charge in [-0.3, -0.25) is 14.7 Å². The number of piperazine rings is 1. The Kier molecular flexibility index (Phi) is 7.26. The molecule has 2 unspecified atom stereocenters. The van der Waals surface area contributed by atoms with Gasteiger partial charge < -0.3 is 15.1 Å². The van der Waals surface area contributed by atoms with Gasteiger partial charge in [0, 0.05) is 57.8 Å². The number of aliphatic imine (C=N–C) groups is 1. The molecule has 6 heteroatoms. The molecule has 3 aliphatic rings. The summed E-state index contributed by atoms with van der Waals surface area (Å²) in [5, 5.41) is 3.71. The minimum Gasteiger partial charge on any atom is -0.353 e. The number of carbonyl (C=O) groups excluding carboxylic acids is 1. The fourth-order valence-electron chi connectivity index (χ4n) is 4.70. The Morgan fingerprint density at radius 2 is 1.67 bits per heavy atom. The highest BCUT2D eigenvalue weighted by molar-refractivity contribution is 5.81. The molecule has 0 aromatic heterocycles. The van der Waals surface area contributed by atoms with Gasteiger partial charge in [0.2, 0.25) is 5.91 Å². The van der Waals surface area contributed by atoms with Gasteiger partial charge in [-0.15, -0.1) is 0 Å². The molecule has 1 amide bonds. The van der Waals surface area contributed by atoms with E-state index in [9.17, 15) is 4.79 Å². The van der Waals surface area contributed by atoms with E-state index in [-0.39, 0.29) is 0 Å². The summed E-state index contributed by atoms with van der Waals surface area (Å²) < 4.78 is 0. The van der Waals surface area contributed by atoms with Crippen LogP contribution >= 0.6 is 0 Å². The van der Waals surface area contributed by atoms with E-state index < -0.39 is 0 Å². The van der Waals surface area contributed by atoms with Gasteiger partial charge in [0.1, 0.15) is 0 Å². The number of nitrogens with zero attached hydrogens (tertiary/aromatic N) is 4. The standard InChI is InChI=1S/C24H37N5O/c1-2-25-24(26-22-18-21(22)20-10-6-5-7-11-20)29-16-14-27(15-17-29)19-23(30)28-12-8-3-4-9-13-28/h5-7,10-11,21-22H,2-4,8-9,12-19H2,1H3,(H,25,26). The first-order valence-electron chi connectivity index (χ1n) is 11.9. The topological polar surface area (TPSA) is 51.2 Å². The van der Waals surface area contributed by atoms with Gasteiger partial charge in [-0.1, -0.05) is 43.2 Å². The molecule has 2 saturated heterocycles. The summed E-state index contributed by atoms with van der Waals surface area (Å²) in [5.74, 6) is 1.95. The van der Waals surface area contributed by atoms with E-state index in [1.165, 1.54) is 24.8 Å². The minimum atomic E-state index is 0.314. The Labute approximate surface area is 181 Å². The summed E-state index contributed by atoms with van der Waals surface area (Å²) in [6.45, 7) is 9.07. The van der Waals surface area contributed by atoms with Gasteiger partial charge in [-0.05, 0) is 31.7 Å². The van der Waals surface area contributed by atoms with Crippen LogP contribution in [0.4, 0.5) is 0 Å². The van der Waals surface area contributed by atoms with E-state index in [4.69, 9.17) is 4.99 Å². The molecule has 2 aliphatic heterocycles. The molecule has 0 spiro atoms. The Balaban J connectivity index is 1.24. The van der Waals surface area contributed by atoms with Crippen LogP contribution in [0, 0.1) is 0 Å². The number of rotatable bonds is 5. The smallest absolute Gasteiger partial charge is 0.236 e. The van der Waals surface area contributed by atoms with Crippen molar-refractivity contribution in [1.29, 1.82) is 0 Å². The lowest BCUT2D eigenvalue weighted by Gasteiger charge is -2.37. The highest BCUT2D eigenvalue weighted by Gasteiger charge is 2.39. The van der Waals surface area contributed by atoms with Crippen LogP contribution in [0.25, 0.3) is 0 Å². The molecule has 6 nitrogen and oxygen atoms in total. The summed E-state index contributed by atoms with van der Waals surface area (Å²) in [5.41, 5.74) is 1.42. The highest BCUT2D eigenvalue weighted by atomic mass is 16.2. The predicted molar refractivity (Wildman–Crippen MR) is 122 cm³/mol. The number of benzene rings is 1. The Morgan fingerprint density at radius 1 is 0.967 bits per heavy atom. The molecule has 0 bridgehead atoms. The molecule has 1 saturated carbocycles. The summed E-state index contributed by atoms with van der Waals surface area (Å²) in [7, 11) is 0. The zero-order valence-electron chi connectivity index (χ0n) is 18.4. The van der Waals surface area contributed by atoms with Crippen LogP contribution in [-0.4, -0.2) is 85.0 Å². The van der Waals surface area contributed by atoms with Crippen LogP contribution in [-0.2, 0) is 4.79 Å². The summed E-state index contributed by atoms with van der Waals surface area (Å²) in [6.07, 6.45) is 6.03. The Bertz CT molecular complexity index is 706. The molecule has 1 aliphatic carbocycles. The molecular formula is C24H37N5O. The first-order chi connectivity index (χ1) is 14.7. The van der Waals surface area contributed by atoms with Gasteiger partial charge >= 0.3 is 0 Å². The summed E-state index contributed by atoms with van der Waals surface area (Å²) in [6, 6.07) is 11.3. The Hall–Kier alpha value is -2.08. The van der Waals surface area contributed by atoms with Crippen LogP contribution < -0.4 is 5.32 Å². The second-order valence-corrected chi connectivity index (χ2v) is 8.86. The van der Waals surface area contributed by atoms with E-state index in [0.29, 0.717) is 24.4 Å². The van der Waals surface area contributed by atoms with Crippen molar-refractivity contribution in [3.05, 3.63) is 35.9 Å². The molecule has 1 aromatic rings. The normalized spacial score (nSPS) is 25.7. The lowest BCUT2D eigenvalue weighted by Crippen LogP contribution is -2.54. The molecule has 2 heterocycles. The lowest BCUT2D eigenvalue weighted by atomic mass is 10.1. The average Bonchev–Trinajstić information content (AvgIpc) is 3.58. The first-order valence-corrected chi connectivity index (χ1v) is 11.9. The molecular weight excluding hydrogens is 374 g/mol. The monoisotopic (exact) mass is 411 g/mol. The van der Waals surface area contributed by atoms with Gasteiger partial charge in [0.25, 0.3) is 0 Å². The molecule has 3 fully saturated rings. The maximum absolute atomic E-state index is 12.7. The number of hydrogen-bond donors (Lipinski definition) is 1. The van der Waals surface area contributed by atoms with Crippen molar-refractivity contribution < 1.29 is 4.79 Å². The molecule has 30 heavy (non-hydrogen) atoms. The van der Waals surface area contributed by atoms with Gasteiger partial charge in [0.15, 0.2) is 5.96 Å². The molecule has 164 valence electrons. The number of likely N-dealkylation sites (tertiary alicyclic amines) is 1. The number of guanidine groups is 1. The third kappa shape index (κ3) is 5.54. The zero-order valence-corrected chi connectivity index (χ0v) is 18.4. The van der Waals surface area contributed by atoms with Crippen molar-refractivity contribution in [2.45, 2.75) is 51.0 Å². The second kappa shape index (κ2) is 10.3. The van der Waals surface area contributed by atoms with Crippen LogP contribution in [0.2, 0.25) is 0 Å². The third-order valence-corrected chi connectivity index (χ3v) is 6.63. The fraction of sp³-hybridized carbons (Fsp3) is 0.667. The number of carbonyl (C=O) groups is 1. The van der Waals surface area contributed by atoms with Crippen molar-refractivity contribution in [3.63, 3.8) is 0 Å². The maximum Gasteiger partial charge on any atom is 0.236 e. The minimum absolute atomic E-state index is 0.314. The fourth-order valence-corrected chi connectivity index (χ4v) is 4.70. The van der Waals surface area contributed by atoms with Crippen LogP contribution in [0.3, 0.4) is 0 Å². The van der Waals surface area contributed by atoms with Gasteiger partial charge in [-0.2, -0.15) is 0 Å². The van der Waals surface area contributed by atoms with Crippen molar-refractivity contribution in [2.24, 2.45) is 4.99 Å². The lowest BCUT2D eigenvalue weighted by molar-refractivity contribution is -0.132. The van der Waals surface area contributed by atoms with Gasteiger partial charge in [-0.25, -0.2) is 0 Å². The molecule has 0 radical (unpaired) electrons. The number of amides is 1. The van der Waals surface area contributed by atoms with Crippen LogP contribution in [0.5, 0.6) is 0 Å². The van der Waals surface area contributed by atoms with Crippen molar-refractivity contribution >= 4 is 11.9 Å².